The van der Waals surface area contributed by atoms with Crippen molar-refractivity contribution >= 4 is 118 Å². The van der Waals surface area contributed by atoms with Gasteiger partial charge in [-0.1, -0.05) is 12.1 Å². The Hall–Kier alpha value is -8.91. The second-order valence-electron chi connectivity index (χ2n) is 20.9. The number of hydrogen-bond acceptors (Lipinski definition) is 18. The molecule has 0 spiro atoms. The standard InChI is InChI=1S/C21H19F6N4OP.C19H17F3N5O3P.C18H18F3N4OPS/c1-12-4-5-14(10-16(12)20(22,23)24)29-18-17(21(25,26)27)11-28-19(31-18)30-13-6-8-15(9-7-13)33(2,3)32;1-31(2,30)15-9-5-13(6-10-15)25-18-23-11-16(19(20,21)22)17(26-18)24-12-3-7-14(8-4-12)27(28)29;1-27(2,26)13-7-5-12(6-8-13)24-17-23-11-15(18(19,20)21)16(25-17)22-10-14-4-3-9-28-14/h4-11H,1-3H3,(H2,28,29,30,31);3-11H,1-2H3,(H2,23,24,25,26);3-9,11H,10H2,1-2H3,(H2,22,23,24,25). The average molecular weight is 1370 g/mol. The van der Waals surface area contributed by atoms with E-state index in [2.05, 4.69) is 61.8 Å². The first kappa shape index (κ1) is 70.5. The van der Waals surface area contributed by atoms with Crippen molar-refractivity contribution in [2.24, 2.45) is 0 Å². The summed E-state index contributed by atoms with van der Waals surface area (Å²) in [7, 11) is -7.30. The predicted octanol–water partition coefficient (Wildman–Crippen LogP) is 16.9. The van der Waals surface area contributed by atoms with Gasteiger partial charge in [0.25, 0.3) is 5.69 Å². The molecule has 34 heteroatoms. The number of thiophene rings is 1. The van der Waals surface area contributed by atoms with Crippen LogP contribution in [0.4, 0.5) is 122 Å². The molecule has 0 aliphatic rings. The molecule has 6 N–H and O–H groups in total. The van der Waals surface area contributed by atoms with Crippen molar-refractivity contribution in [1.29, 1.82) is 0 Å². The zero-order valence-electron chi connectivity index (χ0n) is 49.1. The highest BCUT2D eigenvalue weighted by molar-refractivity contribution is 7.70. The van der Waals surface area contributed by atoms with E-state index in [0.29, 0.717) is 45.4 Å². The molecule has 0 atom stereocenters. The van der Waals surface area contributed by atoms with Crippen molar-refractivity contribution in [3.8, 4) is 0 Å². The van der Waals surface area contributed by atoms with Crippen LogP contribution in [-0.4, -0.2) is 74.8 Å². The van der Waals surface area contributed by atoms with Crippen molar-refractivity contribution in [2.45, 2.75) is 38.2 Å². The molecule has 9 aromatic rings. The fourth-order valence-electron chi connectivity index (χ4n) is 7.90. The normalized spacial score (nSPS) is 12.1. The van der Waals surface area contributed by atoms with Gasteiger partial charge in [0.15, 0.2) is 0 Å². The van der Waals surface area contributed by atoms with E-state index in [0.717, 1.165) is 35.3 Å². The van der Waals surface area contributed by atoms with E-state index in [4.69, 9.17) is 0 Å². The van der Waals surface area contributed by atoms with Gasteiger partial charge in [-0.2, -0.15) is 67.6 Å². The monoisotopic (exact) mass is 1370 g/mol. The van der Waals surface area contributed by atoms with Crippen molar-refractivity contribution in [1.82, 2.24) is 29.9 Å². The van der Waals surface area contributed by atoms with E-state index in [9.17, 15) is 76.5 Å². The topological polar surface area (TPSA) is 244 Å². The molecule has 18 nitrogen and oxygen atoms in total. The van der Waals surface area contributed by atoms with Gasteiger partial charge in [-0.15, -0.1) is 11.3 Å². The fourth-order valence-corrected chi connectivity index (χ4v) is 11.1. The number of alkyl halides is 12. The van der Waals surface area contributed by atoms with Crippen molar-refractivity contribution in [3.63, 3.8) is 0 Å². The van der Waals surface area contributed by atoms with Gasteiger partial charge in [0, 0.05) is 80.0 Å². The third-order valence-corrected chi connectivity index (χ3v) is 18.2. The summed E-state index contributed by atoms with van der Waals surface area (Å²) in [4.78, 5) is 33.9. The number of non-ortho nitro benzene ring substituents is 1. The van der Waals surface area contributed by atoms with Crippen LogP contribution in [0.3, 0.4) is 0 Å². The van der Waals surface area contributed by atoms with Gasteiger partial charge in [0.2, 0.25) is 17.8 Å². The number of nitrogens with one attached hydrogen (secondary N) is 6. The summed E-state index contributed by atoms with van der Waals surface area (Å²) in [6.07, 6.45) is -16.9. The van der Waals surface area contributed by atoms with Crippen LogP contribution in [0.5, 0.6) is 0 Å². The third-order valence-electron chi connectivity index (χ3n) is 12.7. The zero-order chi connectivity index (χ0) is 67.8. The van der Waals surface area contributed by atoms with Crippen molar-refractivity contribution in [2.75, 3.05) is 71.9 Å². The van der Waals surface area contributed by atoms with Gasteiger partial charge in [0.1, 0.15) is 55.6 Å². The van der Waals surface area contributed by atoms with E-state index in [1.165, 1.54) is 36.5 Å². The smallest absolute Gasteiger partial charge is 0.365 e. The Kier molecular flexibility index (Phi) is 21.7. The average Bonchev–Trinajstić information content (AvgIpc) is 0.928. The van der Waals surface area contributed by atoms with E-state index >= 15 is 0 Å². The van der Waals surface area contributed by atoms with Gasteiger partial charge in [-0.25, -0.2) is 15.0 Å². The summed E-state index contributed by atoms with van der Waals surface area (Å²) in [5, 5.41) is 30.6. The lowest BCUT2D eigenvalue weighted by Crippen LogP contribution is -2.14. The molecule has 92 heavy (non-hydrogen) atoms. The van der Waals surface area contributed by atoms with Gasteiger partial charge in [-0.05, 0) is 161 Å². The summed E-state index contributed by atoms with van der Waals surface area (Å²) < 4.78 is 196. The molecule has 0 saturated carbocycles. The molecule has 486 valence electrons. The number of benzene rings is 5. The molecule has 9 rings (SSSR count). The molecule has 5 aromatic carbocycles. The van der Waals surface area contributed by atoms with Crippen LogP contribution in [0.2, 0.25) is 0 Å². The Morgan fingerprint density at radius 3 is 1.11 bits per heavy atom. The predicted molar refractivity (Wildman–Crippen MR) is 335 cm³/mol. The first-order valence-corrected chi connectivity index (χ1v) is 35.2. The molecular formula is C58H54F12N13O5P3S. The van der Waals surface area contributed by atoms with E-state index < -0.39 is 84.9 Å². The summed E-state index contributed by atoms with van der Waals surface area (Å²) in [5.74, 6) is -1.78. The highest BCUT2D eigenvalue weighted by Crippen LogP contribution is 2.41. The number of aryl methyl sites for hydroxylation is 1. The molecule has 0 unspecified atom stereocenters. The molecule has 0 saturated heterocycles. The van der Waals surface area contributed by atoms with Crippen LogP contribution < -0.4 is 47.8 Å². The van der Waals surface area contributed by atoms with Crippen molar-refractivity contribution < 1.29 is 71.3 Å². The number of nitrogens with zero attached hydrogens (tertiary/aromatic N) is 7. The molecule has 0 radical (unpaired) electrons. The lowest BCUT2D eigenvalue weighted by molar-refractivity contribution is -0.384. The Morgan fingerprint density at radius 1 is 0.446 bits per heavy atom. The molecule has 0 aliphatic heterocycles. The minimum Gasteiger partial charge on any atom is -0.365 e. The van der Waals surface area contributed by atoms with Crippen LogP contribution in [-0.2, 0) is 44.9 Å². The van der Waals surface area contributed by atoms with Crippen LogP contribution in [0.1, 0.15) is 32.7 Å². The van der Waals surface area contributed by atoms with Crippen LogP contribution >= 0.6 is 32.8 Å². The number of nitro benzene ring substituents is 1. The minimum absolute atomic E-state index is 0.0330. The van der Waals surface area contributed by atoms with Crippen LogP contribution in [0.25, 0.3) is 0 Å². The summed E-state index contributed by atoms with van der Waals surface area (Å²) in [6, 6.07) is 31.4. The lowest BCUT2D eigenvalue weighted by atomic mass is 10.1. The van der Waals surface area contributed by atoms with Gasteiger partial charge >= 0.3 is 24.7 Å². The number of halogens is 12. The van der Waals surface area contributed by atoms with E-state index in [-0.39, 0.29) is 52.8 Å². The Morgan fingerprint density at radius 2 is 0.772 bits per heavy atom. The first-order valence-electron chi connectivity index (χ1n) is 26.5. The fraction of sp³-hybridized carbons (Fsp3) is 0.207. The Bertz CT molecular complexity index is 4190. The maximum atomic E-state index is 13.5. The summed E-state index contributed by atoms with van der Waals surface area (Å²) in [6.45, 7) is 11.3. The second kappa shape index (κ2) is 28.3. The molecule has 0 aliphatic carbocycles. The van der Waals surface area contributed by atoms with E-state index in [1.807, 2.05) is 17.5 Å². The highest BCUT2D eigenvalue weighted by Gasteiger charge is 2.38. The van der Waals surface area contributed by atoms with Gasteiger partial charge in [-0.3, -0.25) is 10.1 Å². The number of nitro groups is 1. The van der Waals surface area contributed by atoms with E-state index in [1.54, 1.807) is 113 Å². The van der Waals surface area contributed by atoms with Crippen LogP contribution in [0.15, 0.2) is 151 Å². The maximum absolute atomic E-state index is 13.5. The number of hydrogen-bond donors (Lipinski definition) is 6. The second-order valence-corrected chi connectivity index (χ2v) is 31.6. The highest BCUT2D eigenvalue weighted by atomic mass is 32.1. The Balaban J connectivity index is 0.000000196. The van der Waals surface area contributed by atoms with Gasteiger partial charge < -0.3 is 45.6 Å². The number of aromatic nitrogens is 6. The molecule has 0 amide bonds. The van der Waals surface area contributed by atoms with Gasteiger partial charge in [0.05, 0.1) is 17.0 Å². The van der Waals surface area contributed by atoms with Crippen LogP contribution in [0, 0.1) is 17.0 Å². The zero-order valence-corrected chi connectivity index (χ0v) is 52.6. The molecule has 4 aromatic heterocycles. The first-order chi connectivity index (χ1) is 42.7. The largest absolute Gasteiger partial charge is 0.421 e. The molecule has 0 bridgehead atoms. The minimum atomic E-state index is -4.84. The SMILES string of the molecule is CP(C)(=O)c1ccc(Nc2ncc(C(F)(F)F)c(NCc3cccs3)n2)cc1.CP(C)(=O)c1ccc(Nc2ncc(C(F)(F)F)c(Nc3ccc([N+](=O)[O-])cc3)n2)cc1.Cc1ccc(Nc2nc(Nc3ccc(P(C)(C)=O)cc3)ncc2C(F)(F)F)cc1C(F)(F)F. The summed E-state index contributed by atoms with van der Waals surface area (Å²) >= 11 is 1.44. The quantitative estimate of drug-likeness (QED) is 0.0215. The molecule has 0 fully saturated rings. The molecule has 4 heterocycles. The number of rotatable bonds is 17. The van der Waals surface area contributed by atoms with Crippen molar-refractivity contribution in [3.05, 3.63) is 194 Å². The maximum Gasteiger partial charge on any atom is 0.421 e. The molecular weight excluding hydrogens is 1310 g/mol. The Labute approximate surface area is 521 Å². The third kappa shape index (κ3) is 20.0. The lowest BCUT2D eigenvalue weighted by Gasteiger charge is -2.17. The number of anilines is 11. The summed E-state index contributed by atoms with van der Waals surface area (Å²) in [5.41, 5.74) is -3.02.